The number of ether oxygens (including phenoxy) is 1. The molecule has 3 rings (SSSR count). The molecule has 0 fully saturated rings. The second-order valence-corrected chi connectivity index (χ2v) is 4.07. The largest absolute Gasteiger partial charge is 0.469 e. The lowest BCUT2D eigenvalue weighted by Gasteiger charge is -2.08. The Bertz CT molecular complexity index is 581. The molecule has 0 radical (unpaired) electrons. The van der Waals surface area contributed by atoms with Crippen LogP contribution in [0.15, 0.2) is 18.5 Å². The molecule has 0 aliphatic heterocycles. The molecule has 2 heterocycles. The highest BCUT2D eigenvalue weighted by molar-refractivity contribution is 5.79. The van der Waals surface area contributed by atoms with Gasteiger partial charge in [-0.15, -0.1) is 5.10 Å². The molecule has 18 heavy (non-hydrogen) atoms. The van der Waals surface area contributed by atoms with Crippen LogP contribution in [0.3, 0.4) is 0 Å². The highest BCUT2D eigenvalue weighted by Gasteiger charge is 2.30. The second-order valence-electron chi connectivity index (χ2n) is 4.07. The van der Waals surface area contributed by atoms with Gasteiger partial charge in [-0.25, -0.2) is 4.98 Å². The SMILES string of the molecule is COC(=O)[C@H]1CCc2nc(-n3cnnn3)ccc21. The highest BCUT2D eigenvalue weighted by atomic mass is 16.5. The van der Waals surface area contributed by atoms with E-state index in [1.54, 1.807) is 6.07 Å². The monoisotopic (exact) mass is 245 g/mol. The number of nitrogens with zero attached hydrogens (tertiary/aromatic N) is 5. The lowest BCUT2D eigenvalue weighted by molar-refractivity contribution is -0.142. The molecule has 0 unspecified atom stereocenters. The van der Waals surface area contributed by atoms with Crippen LogP contribution in [0.25, 0.3) is 5.82 Å². The third kappa shape index (κ3) is 1.64. The van der Waals surface area contributed by atoms with Gasteiger partial charge in [0.15, 0.2) is 5.82 Å². The number of aryl methyl sites for hydroxylation is 1. The number of methoxy groups -OCH3 is 1. The molecule has 7 heteroatoms. The Labute approximate surface area is 103 Å². The summed E-state index contributed by atoms with van der Waals surface area (Å²) in [7, 11) is 1.41. The molecule has 1 aliphatic rings. The third-order valence-electron chi connectivity index (χ3n) is 3.11. The van der Waals surface area contributed by atoms with Crippen LogP contribution in [0.5, 0.6) is 0 Å². The van der Waals surface area contributed by atoms with Crippen molar-refractivity contribution in [2.24, 2.45) is 0 Å². The molecule has 0 bridgehead atoms. The molecule has 2 aromatic rings. The Kier molecular flexibility index (Phi) is 2.51. The van der Waals surface area contributed by atoms with E-state index in [1.807, 2.05) is 6.07 Å². The number of fused-ring (bicyclic) bond motifs is 1. The van der Waals surface area contributed by atoms with Crippen LogP contribution < -0.4 is 0 Å². The first-order valence-corrected chi connectivity index (χ1v) is 5.60. The molecular weight excluding hydrogens is 234 g/mol. The fraction of sp³-hybridized carbons (Fsp3) is 0.364. The van der Waals surface area contributed by atoms with Crippen LogP contribution in [0.2, 0.25) is 0 Å². The van der Waals surface area contributed by atoms with Crippen LogP contribution in [0, 0.1) is 0 Å². The molecule has 2 aromatic heterocycles. The van der Waals surface area contributed by atoms with Crippen LogP contribution in [-0.4, -0.2) is 38.3 Å². The van der Waals surface area contributed by atoms with Crippen molar-refractivity contribution in [2.45, 2.75) is 18.8 Å². The maximum Gasteiger partial charge on any atom is 0.313 e. The second kappa shape index (κ2) is 4.17. The Hall–Kier alpha value is -2.31. The van der Waals surface area contributed by atoms with Crippen LogP contribution in [-0.2, 0) is 16.0 Å². The van der Waals surface area contributed by atoms with E-state index in [-0.39, 0.29) is 11.9 Å². The van der Waals surface area contributed by atoms with E-state index in [9.17, 15) is 4.79 Å². The van der Waals surface area contributed by atoms with Gasteiger partial charge in [0.2, 0.25) is 0 Å². The van der Waals surface area contributed by atoms with Gasteiger partial charge in [0.05, 0.1) is 13.0 Å². The number of carbonyl (C=O) groups excluding carboxylic acids is 1. The molecule has 0 spiro atoms. The fourth-order valence-corrected chi connectivity index (χ4v) is 2.24. The summed E-state index contributed by atoms with van der Waals surface area (Å²) in [5, 5.41) is 10.9. The Morgan fingerprint density at radius 1 is 1.50 bits per heavy atom. The van der Waals surface area contributed by atoms with Crippen molar-refractivity contribution in [1.29, 1.82) is 0 Å². The normalized spacial score (nSPS) is 17.5. The lowest BCUT2D eigenvalue weighted by atomic mass is 10.0. The number of rotatable bonds is 2. The van der Waals surface area contributed by atoms with Crippen molar-refractivity contribution in [3.05, 3.63) is 29.7 Å². The fourth-order valence-electron chi connectivity index (χ4n) is 2.24. The molecule has 92 valence electrons. The summed E-state index contributed by atoms with van der Waals surface area (Å²) in [5.41, 5.74) is 1.86. The average Bonchev–Trinajstić information content (AvgIpc) is 3.06. The van der Waals surface area contributed by atoms with E-state index in [4.69, 9.17) is 4.74 Å². The summed E-state index contributed by atoms with van der Waals surface area (Å²) >= 11 is 0. The number of hydrogen-bond acceptors (Lipinski definition) is 6. The van der Waals surface area contributed by atoms with Crippen molar-refractivity contribution < 1.29 is 9.53 Å². The van der Waals surface area contributed by atoms with Gasteiger partial charge in [-0.3, -0.25) is 4.79 Å². The van der Waals surface area contributed by atoms with E-state index >= 15 is 0 Å². The maximum absolute atomic E-state index is 11.6. The zero-order valence-corrected chi connectivity index (χ0v) is 9.78. The highest BCUT2D eigenvalue weighted by Crippen LogP contribution is 2.33. The molecule has 1 atom stereocenters. The first-order valence-electron chi connectivity index (χ1n) is 5.60. The van der Waals surface area contributed by atoms with E-state index < -0.39 is 0 Å². The summed E-state index contributed by atoms with van der Waals surface area (Å²) in [6.07, 6.45) is 3.00. The quantitative estimate of drug-likeness (QED) is 0.706. The number of tetrazole rings is 1. The Morgan fingerprint density at radius 3 is 3.11 bits per heavy atom. The van der Waals surface area contributed by atoms with Crippen molar-refractivity contribution in [1.82, 2.24) is 25.2 Å². The maximum atomic E-state index is 11.6. The number of hydrogen-bond donors (Lipinski definition) is 0. The summed E-state index contributed by atoms with van der Waals surface area (Å²) in [5.74, 6) is 0.260. The van der Waals surface area contributed by atoms with Gasteiger partial charge in [-0.05, 0) is 34.9 Å². The molecule has 1 aliphatic carbocycles. The van der Waals surface area contributed by atoms with Crippen LogP contribution in [0.1, 0.15) is 23.6 Å². The number of esters is 1. The number of carbonyl (C=O) groups is 1. The Morgan fingerprint density at radius 2 is 2.39 bits per heavy atom. The zero-order chi connectivity index (χ0) is 12.5. The minimum Gasteiger partial charge on any atom is -0.469 e. The van der Waals surface area contributed by atoms with Gasteiger partial charge < -0.3 is 4.74 Å². The third-order valence-corrected chi connectivity index (χ3v) is 3.11. The molecule has 0 amide bonds. The van der Waals surface area contributed by atoms with Gasteiger partial charge in [-0.1, -0.05) is 6.07 Å². The van der Waals surface area contributed by atoms with Crippen molar-refractivity contribution in [3.8, 4) is 5.82 Å². The molecular formula is C11H11N5O2. The average molecular weight is 245 g/mol. The van der Waals surface area contributed by atoms with E-state index in [1.165, 1.54) is 18.1 Å². The summed E-state index contributed by atoms with van der Waals surface area (Å²) < 4.78 is 6.28. The summed E-state index contributed by atoms with van der Waals surface area (Å²) in [6.45, 7) is 0. The molecule has 7 nitrogen and oxygen atoms in total. The first-order chi connectivity index (χ1) is 8.79. The van der Waals surface area contributed by atoms with Gasteiger partial charge in [-0.2, -0.15) is 4.68 Å². The molecule has 0 aromatic carbocycles. The first kappa shape index (κ1) is 10.8. The van der Waals surface area contributed by atoms with Gasteiger partial charge >= 0.3 is 5.97 Å². The summed E-state index contributed by atoms with van der Waals surface area (Å²) in [4.78, 5) is 16.1. The van der Waals surface area contributed by atoms with Crippen LogP contribution in [0.4, 0.5) is 0 Å². The van der Waals surface area contributed by atoms with Crippen molar-refractivity contribution in [2.75, 3.05) is 7.11 Å². The van der Waals surface area contributed by atoms with E-state index in [2.05, 4.69) is 20.5 Å². The predicted octanol–water partition coefficient (Wildman–Crippen LogP) is 0.260. The topological polar surface area (TPSA) is 82.8 Å². The molecule has 0 saturated heterocycles. The molecule has 0 N–H and O–H groups in total. The number of aromatic nitrogens is 5. The minimum atomic E-state index is -0.203. The number of pyridine rings is 1. The van der Waals surface area contributed by atoms with Gasteiger partial charge in [0.1, 0.15) is 6.33 Å². The summed E-state index contributed by atoms with van der Waals surface area (Å²) in [6, 6.07) is 3.70. The van der Waals surface area contributed by atoms with Crippen LogP contribution >= 0.6 is 0 Å². The van der Waals surface area contributed by atoms with E-state index in [0.717, 1.165) is 24.1 Å². The van der Waals surface area contributed by atoms with Crippen molar-refractivity contribution in [3.63, 3.8) is 0 Å². The smallest absolute Gasteiger partial charge is 0.313 e. The lowest BCUT2D eigenvalue weighted by Crippen LogP contribution is -2.11. The predicted molar refractivity (Wildman–Crippen MR) is 60.0 cm³/mol. The molecule has 0 saturated carbocycles. The Balaban J connectivity index is 1.97. The minimum absolute atomic E-state index is 0.194. The van der Waals surface area contributed by atoms with Crippen molar-refractivity contribution >= 4 is 5.97 Å². The standard InChI is InChI=1S/C11H11N5O2/c1-18-11(17)8-2-4-9-7(8)3-5-10(13-9)16-6-12-14-15-16/h3,5-6,8H,2,4H2,1H3/t8-/m0/s1. The van der Waals surface area contributed by atoms with Gasteiger partial charge in [0.25, 0.3) is 0 Å². The zero-order valence-electron chi connectivity index (χ0n) is 9.78. The van der Waals surface area contributed by atoms with Gasteiger partial charge in [0, 0.05) is 5.69 Å². The van der Waals surface area contributed by atoms with E-state index in [0.29, 0.717) is 5.82 Å².